The molecule has 0 aliphatic heterocycles. The van der Waals surface area contributed by atoms with Crippen LogP contribution in [0.15, 0.2) is 60.0 Å². The number of rotatable bonds is 12. The number of aromatic hydroxyl groups is 1. The van der Waals surface area contributed by atoms with Gasteiger partial charge in [0.25, 0.3) is 11.8 Å². The maximum Gasteiger partial charge on any atom is 0.330 e. The van der Waals surface area contributed by atoms with Gasteiger partial charge in [0.1, 0.15) is 22.5 Å². The number of phenols is 1. The number of aromatic nitrogens is 3. The van der Waals surface area contributed by atoms with Crippen molar-refractivity contribution in [1.29, 1.82) is 0 Å². The van der Waals surface area contributed by atoms with Gasteiger partial charge in [-0.05, 0) is 44.4 Å². The molecule has 0 saturated heterocycles. The number of thiazole rings is 1. The molecule has 0 aliphatic carbocycles. The second kappa shape index (κ2) is 14.2. The molecule has 0 unspecified atom stereocenters. The monoisotopic (exact) mass is 588 g/mol. The first-order chi connectivity index (χ1) is 20.2. The average molecular weight is 589 g/mol. The Balaban J connectivity index is 1.34. The van der Waals surface area contributed by atoms with Crippen LogP contribution in [0, 0.1) is 13.8 Å². The molecule has 0 spiro atoms. The molecule has 0 radical (unpaired) electrons. The van der Waals surface area contributed by atoms with E-state index in [-0.39, 0.29) is 23.6 Å². The smallest absolute Gasteiger partial charge is 0.330 e. The molecule has 42 heavy (non-hydrogen) atoms. The topological polar surface area (TPSA) is 155 Å². The van der Waals surface area contributed by atoms with Gasteiger partial charge in [-0.1, -0.05) is 42.5 Å². The van der Waals surface area contributed by atoms with Crippen LogP contribution in [0.1, 0.15) is 44.2 Å². The van der Waals surface area contributed by atoms with Gasteiger partial charge in [-0.2, -0.15) is 0 Å². The Morgan fingerprint density at radius 3 is 2.40 bits per heavy atom. The average Bonchev–Trinajstić information content (AvgIpc) is 3.48. The molecule has 11 nitrogen and oxygen atoms in total. The number of esters is 1. The predicted octanol–water partition coefficient (Wildman–Crippen LogP) is 3.67. The molecule has 4 N–H and O–H groups in total. The maximum atomic E-state index is 13.2. The SMILES string of the molecule is COC(=O)[C@H](CNC(=O)c1csc(-c2ccccc2)n1)NC(=O)c1c(C)nc(NCCCc2cccc(O)c2)nc1C. The first kappa shape index (κ1) is 30.1. The first-order valence-electron chi connectivity index (χ1n) is 13.3. The highest BCUT2D eigenvalue weighted by molar-refractivity contribution is 7.13. The van der Waals surface area contributed by atoms with Crippen LogP contribution in [0.25, 0.3) is 10.6 Å². The number of carbonyl (C=O) groups excluding carboxylic acids is 3. The second-order valence-corrected chi connectivity index (χ2v) is 10.3. The van der Waals surface area contributed by atoms with Gasteiger partial charge in [0, 0.05) is 24.0 Å². The number of aryl methyl sites for hydroxylation is 3. The molecule has 0 fully saturated rings. The summed E-state index contributed by atoms with van der Waals surface area (Å²) in [6, 6.07) is 15.4. The molecule has 4 aromatic rings. The molecular weight excluding hydrogens is 556 g/mol. The molecule has 0 bridgehead atoms. The normalized spacial score (nSPS) is 11.4. The van der Waals surface area contributed by atoms with E-state index in [1.54, 1.807) is 37.4 Å². The van der Waals surface area contributed by atoms with Crippen molar-refractivity contribution < 1.29 is 24.2 Å². The van der Waals surface area contributed by atoms with Gasteiger partial charge in [0.05, 0.1) is 24.1 Å². The Labute approximate surface area is 247 Å². The first-order valence-corrected chi connectivity index (χ1v) is 14.2. The number of phenolic OH excluding ortho intramolecular Hbond substituents is 1. The predicted molar refractivity (Wildman–Crippen MR) is 160 cm³/mol. The van der Waals surface area contributed by atoms with Gasteiger partial charge in [0.2, 0.25) is 5.95 Å². The number of nitrogens with zero attached hydrogens (tertiary/aromatic N) is 3. The van der Waals surface area contributed by atoms with Crippen molar-refractivity contribution in [2.24, 2.45) is 0 Å². The number of carbonyl (C=O) groups is 3. The van der Waals surface area contributed by atoms with Gasteiger partial charge < -0.3 is 25.8 Å². The minimum Gasteiger partial charge on any atom is -0.508 e. The van der Waals surface area contributed by atoms with E-state index < -0.39 is 23.8 Å². The molecule has 2 aromatic heterocycles. The maximum absolute atomic E-state index is 13.2. The lowest BCUT2D eigenvalue weighted by molar-refractivity contribution is -0.142. The van der Waals surface area contributed by atoms with Crippen molar-refractivity contribution in [3.05, 3.63) is 88.2 Å². The lowest BCUT2D eigenvalue weighted by atomic mass is 10.1. The Hall–Kier alpha value is -4.84. The van der Waals surface area contributed by atoms with Gasteiger partial charge in [-0.3, -0.25) is 9.59 Å². The van der Waals surface area contributed by atoms with E-state index in [1.165, 1.54) is 18.4 Å². The minimum atomic E-state index is -1.15. The van der Waals surface area contributed by atoms with Crippen molar-refractivity contribution in [2.75, 3.05) is 25.5 Å². The van der Waals surface area contributed by atoms with E-state index in [9.17, 15) is 19.5 Å². The fourth-order valence-corrected chi connectivity index (χ4v) is 5.08. The molecule has 0 saturated carbocycles. The fraction of sp³-hybridized carbons (Fsp3) is 0.267. The molecule has 1 atom stereocenters. The molecule has 0 aliphatic rings. The van der Waals surface area contributed by atoms with Crippen molar-refractivity contribution in [2.45, 2.75) is 32.7 Å². The molecule has 2 amide bonds. The summed E-state index contributed by atoms with van der Waals surface area (Å²) in [6.07, 6.45) is 1.55. The summed E-state index contributed by atoms with van der Waals surface area (Å²) in [7, 11) is 1.20. The number of anilines is 1. The standard InChI is InChI=1S/C30H32N6O5S/c1-18-25(19(2)34-30(33-18)31-14-8-10-20-9-7-13-22(37)15-20)27(39)35-23(29(40)41-3)16-32-26(38)24-17-42-28(36-24)21-11-5-4-6-12-21/h4-7,9,11-13,15,17,23,37H,8,10,14,16H2,1-3H3,(H,32,38)(H,35,39)(H,31,33,34)/t23-/m0/s1. The number of ether oxygens (including phenoxy) is 1. The third-order valence-corrected chi connectivity index (χ3v) is 7.24. The van der Waals surface area contributed by atoms with Crippen LogP contribution >= 0.6 is 11.3 Å². The lowest BCUT2D eigenvalue weighted by Gasteiger charge is -2.18. The molecule has 12 heteroatoms. The lowest BCUT2D eigenvalue weighted by Crippen LogP contribution is -2.49. The summed E-state index contributed by atoms with van der Waals surface area (Å²) >= 11 is 1.33. The summed E-state index contributed by atoms with van der Waals surface area (Å²) in [4.78, 5) is 51.6. The summed E-state index contributed by atoms with van der Waals surface area (Å²) in [6.45, 7) is 3.76. The van der Waals surface area contributed by atoms with Gasteiger partial charge in [-0.15, -0.1) is 11.3 Å². The largest absolute Gasteiger partial charge is 0.508 e. The van der Waals surface area contributed by atoms with Crippen LogP contribution < -0.4 is 16.0 Å². The summed E-state index contributed by atoms with van der Waals surface area (Å²) in [5.41, 5.74) is 3.21. The molecule has 2 aromatic carbocycles. The highest BCUT2D eigenvalue weighted by Gasteiger charge is 2.26. The highest BCUT2D eigenvalue weighted by atomic mass is 32.1. The van der Waals surface area contributed by atoms with E-state index >= 15 is 0 Å². The van der Waals surface area contributed by atoms with Crippen molar-refractivity contribution in [3.63, 3.8) is 0 Å². The Morgan fingerprint density at radius 1 is 0.976 bits per heavy atom. The van der Waals surface area contributed by atoms with Crippen LogP contribution in [0.4, 0.5) is 5.95 Å². The van der Waals surface area contributed by atoms with Crippen LogP contribution in [0.5, 0.6) is 5.75 Å². The van der Waals surface area contributed by atoms with E-state index in [4.69, 9.17) is 4.74 Å². The summed E-state index contributed by atoms with van der Waals surface area (Å²) in [5.74, 6) is -1.14. The van der Waals surface area contributed by atoms with Crippen molar-refractivity contribution in [3.8, 4) is 16.3 Å². The zero-order valence-corrected chi connectivity index (χ0v) is 24.3. The number of nitrogens with one attached hydrogen (secondary N) is 3. The van der Waals surface area contributed by atoms with Crippen LogP contribution in [-0.4, -0.2) is 64.1 Å². The number of hydrogen-bond acceptors (Lipinski definition) is 10. The Bertz CT molecular complexity index is 1540. The Morgan fingerprint density at radius 2 is 1.71 bits per heavy atom. The highest BCUT2D eigenvalue weighted by Crippen LogP contribution is 2.23. The zero-order chi connectivity index (χ0) is 30.1. The van der Waals surface area contributed by atoms with Crippen LogP contribution in [0.3, 0.4) is 0 Å². The molecular formula is C30H32N6O5S. The van der Waals surface area contributed by atoms with E-state index in [0.717, 1.165) is 24.0 Å². The van der Waals surface area contributed by atoms with Gasteiger partial charge >= 0.3 is 5.97 Å². The van der Waals surface area contributed by atoms with E-state index in [0.29, 0.717) is 28.9 Å². The summed E-state index contributed by atoms with van der Waals surface area (Å²) < 4.78 is 4.85. The Kier molecular flexibility index (Phi) is 10.2. The quantitative estimate of drug-likeness (QED) is 0.143. The van der Waals surface area contributed by atoms with E-state index in [2.05, 4.69) is 30.9 Å². The number of methoxy groups -OCH3 is 1. The number of benzene rings is 2. The van der Waals surface area contributed by atoms with Crippen LogP contribution in [-0.2, 0) is 16.0 Å². The molecule has 218 valence electrons. The van der Waals surface area contributed by atoms with Crippen LogP contribution in [0.2, 0.25) is 0 Å². The minimum absolute atomic E-state index is 0.201. The van der Waals surface area contributed by atoms with Crippen molar-refractivity contribution >= 4 is 35.1 Å². The number of hydrogen-bond donors (Lipinski definition) is 4. The zero-order valence-electron chi connectivity index (χ0n) is 23.5. The van der Waals surface area contributed by atoms with Gasteiger partial charge in [0.15, 0.2) is 0 Å². The third-order valence-electron chi connectivity index (χ3n) is 6.35. The third kappa shape index (κ3) is 7.88. The molecule has 2 heterocycles. The second-order valence-electron chi connectivity index (χ2n) is 9.46. The van der Waals surface area contributed by atoms with Crippen molar-refractivity contribution in [1.82, 2.24) is 25.6 Å². The van der Waals surface area contributed by atoms with E-state index in [1.807, 2.05) is 36.4 Å². The fourth-order valence-electron chi connectivity index (χ4n) is 4.27. The van der Waals surface area contributed by atoms with Gasteiger partial charge in [-0.25, -0.2) is 19.7 Å². The number of amides is 2. The molecule has 4 rings (SSSR count). The summed E-state index contributed by atoms with van der Waals surface area (Å²) in [5, 5.41) is 20.4.